The van der Waals surface area contributed by atoms with Gasteiger partial charge in [-0.15, -0.1) is 0 Å². The molecular formula is C17H20O7. The lowest BCUT2D eigenvalue weighted by atomic mass is 10.3. The van der Waals surface area contributed by atoms with Crippen LogP contribution in [0, 0.1) is 0 Å². The van der Waals surface area contributed by atoms with Crippen LogP contribution >= 0.6 is 0 Å². The van der Waals surface area contributed by atoms with Crippen LogP contribution in [0.1, 0.15) is 6.92 Å². The van der Waals surface area contributed by atoms with Gasteiger partial charge in [-0.25, -0.2) is 14.4 Å². The molecule has 1 aromatic carbocycles. The first kappa shape index (κ1) is 22.9. The summed E-state index contributed by atoms with van der Waals surface area (Å²) in [6.07, 6.45) is 2.16. The van der Waals surface area contributed by atoms with Crippen LogP contribution in [0.3, 0.4) is 0 Å². The fourth-order valence-corrected chi connectivity index (χ4v) is 0.926. The van der Waals surface area contributed by atoms with Crippen molar-refractivity contribution in [2.24, 2.45) is 0 Å². The highest BCUT2D eigenvalue weighted by molar-refractivity contribution is 5.81. The molecule has 0 fully saturated rings. The van der Waals surface area contributed by atoms with Gasteiger partial charge in [0, 0.05) is 25.2 Å². The molecule has 24 heavy (non-hydrogen) atoms. The van der Waals surface area contributed by atoms with Crippen LogP contribution in [-0.2, 0) is 19.1 Å². The van der Waals surface area contributed by atoms with Crippen molar-refractivity contribution in [3.8, 4) is 5.75 Å². The second-order valence-corrected chi connectivity index (χ2v) is 3.72. The molecule has 0 bridgehead atoms. The molecule has 0 aliphatic heterocycles. The number of carbonyl (C=O) groups excluding carboxylic acids is 1. The Bertz CT molecular complexity index is 531. The fourth-order valence-electron chi connectivity index (χ4n) is 0.926. The Kier molecular flexibility index (Phi) is 13.9. The van der Waals surface area contributed by atoms with E-state index in [2.05, 4.69) is 19.7 Å². The average Bonchev–Trinajstić information content (AvgIpc) is 2.56. The normalized spacial score (nSPS) is 9.38. The average molecular weight is 336 g/mol. The first-order valence-corrected chi connectivity index (χ1v) is 6.52. The Balaban J connectivity index is 0. The molecule has 0 aromatic heterocycles. The van der Waals surface area contributed by atoms with Gasteiger partial charge in [0.05, 0.1) is 0 Å². The van der Waals surface area contributed by atoms with E-state index in [0.717, 1.165) is 18.2 Å². The van der Waals surface area contributed by atoms with Crippen LogP contribution in [0.2, 0.25) is 0 Å². The molecular weight excluding hydrogens is 316 g/mol. The van der Waals surface area contributed by atoms with E-state index in [4.69, 9.17) is 19.7 Å². The van der Waals surface area contributed by atoms with Crippen molar-refractivity contribution in [1.82, 2.24) is 0 Å². The molecule has 130 valence electrons. The van der Waals surface area contributed by atoms with Crippen molar-refractivity contribution >= 4 is 17.9 Å². The summed E-state index contributed by atoms with van der Waals surface area (Å²) in [4.78, 5) is 29.3. The predicted molar refractivity (Wildman–Crippen MR) is 88.5 cm³/mol. The van der Waals surface area contributed by atoms with Gasteiger partial charge in [-0.05, 0) is 12.1 Å². The molecule has 0 heterocycles. The van der Waals surface area contributed by atoms with E-state index in [0.29, 0.717) is 5.75 Å². The maximum atomic E-state index is 10.8. The Hall–Kier alpha value is -3.35. The van der Waals surface area contributed by atoms with E-state index in [-0.39, 0.29) is 0 Å². The van der Waals surface area contributed by atoms with Crippen LogP contribution in [-0.4, -0.2) is 34.4 Å². The zero-order chi connectivity index (χ0) is 19.0. The molecule has 7 nitrogen and oxygen atoms in total. The van der Waals surface area contributed by atoms with Crippen molar-refractivity contribution in [2.45, 2.75) is 13.2 Å². The highest BCUT2D eigenvalue weighted by atomic mass is 16.7. The number of esters is 1. The number of benzene rings is 1. The standard InChI is InChI=1S/C11H12O3.2C3H4O2/c1-3-11(12)14-9(2)13-10-7-5-4-6-8-10;2*1-2-3(4)5/h3-9H,1H2,2H3;2*2H,1H2,(H,4,5). The summed E-state index contributed by atoms with van der Waals surface area (Å²) < 4.78 is 10.1. The second kappa shape index (κ2) is 14.6. The third-order valence-corrected chi connectivity index (χ3v) is 1.84. The molecule has 0 aliphatic carbocycles. The third kappa shape index (κ3) is 16.7. The molecule has 2 N–H and O–H groups in total. The largest absolute Gasteiger partial charge is 0.478 e. The smallest absolute Gasteiger partial charge is 0.333 e. The summed E-state index contributed by atoms with van der Waals surface area (Å²) in [5.74, 6) is -1.79. The molecule has 0 aliphatic rings. The number of carbonyl (C=O) groups is 3. The number of rotatable bonds is 6. The Labute approximate surface area is 140 Å². The molecule has 0 spiro atoms. The number of ether oxygens (including phenoxy) is 2. The number of carboxylic acid groups (broad SMARTS) is 2. The summed E-state index contributed by atoms with van der Waals surface area (Å²) in [6, 6.07) is 9.15. The van der Waals surface area contributed by atoms with Gasteiger partial charge in [-0.3, -0.25) is 0 Å². The van der Waals surface area contributed by atoms with Crippen molar-refractivity contribution in [1.29, 1.82) is 0 Å². The Morgan fingerprint density at radius 1 is 0.958 bits per heavy atom. The van der Waals surface area contributed by atoms with Crippen molar-refractivity contribution < 1.29 is 34.1 Å². The van der Waals surface area contributed by atoms with Crippen molar-refractivity contribution in [3.63, 3.8) is 0 Å². The van der Waals surface area contributed by atoms with Crippen LogP contribution in [0.4, 0.5) is 0 Å². The van der Waals surface area contributed by atoms with Gasteiger partial charge in [0.25, 0.3) is 0 Å². The molecule has 1 unspecified atom stereocenters. The van der Waals surface area contributed by atoms with Gasteiger partial charge in [-0.2, -0.15) is 0 Å². The van der Waals surface area contributed by atoms with E-state index in [1.54, 1.807) is 19.1 Å². The number of hydrogen-bond donors (Lipinski definition) is 2. The first-order valence-electron chi connectivity index (χ1n) is 6.52. The minimum absolute atomic E-state index is 0.492. The van der Waals surface area contributed by atoms with Crippen LogP contribution < -0.4 is 4.74 Å². The molecule has 1 aromatic rings. The number of hydrogen-bond acceptors (Lipinski definition) is 5. The topological polar surface area (TPSA) is 110 Å². The van der Waals surface area contributed by atoms with Gasteiger partial charge in [0.2, 0.25) is 6.29 Å². The molecule has 0 saturated heterocycles. The molecule has 0 radical (unpaired) electrons. The highest BCUT2D eigenvalue weighted by Crippen LogP contribution is 2.11. The van der Waals surface area contributed by atoms with Crippen LogP contribution in [0.15, 0.2) is 68.3 Å². The summed E-state index contributed by atoms with van der Waals surface area (Å²) in [5.41, 5.74) is 0. The quantitative estimate of drug-likeness (QED) is 0.467. The van der Waals surface area contributed by atoms with Crippen molar-refractivity contribution in [2.75, 3.05) is 0 Å². The van der Waals surface area contributed by atoms with E-state index in [9.17, 15) is 14.4 Å². The maximum absolute atomic E-state index is 10.8. The van der Waals surface area contributed by atoms with Crippen molar-refractivity contribution in [3.05, 3.63) is 68.3 Å². The molecule has 1 rings (SSSR count). The molecule has 0 amide bonds. The zero-order valence-electron chi connectivity index (χ0n) is 13.3. The summed E-state index contributed by atoms with van der Waals surface area (Å²) in [5, 5.41) is 15.2. The van der Waals surface area contributed by atoms with E-state index < -0.39 is 24.2 Å². The third-order valence-electron chi connectivity index (χ3n) is 1.84. The molecule has 7 heteroatoms. The summed E-state index contributed by atoms with van der Waals surface area (Å²) in [6.45, 7) is 10.9. The van der Waals surface area contributed by atoms with E-state index in [1.165, 1.54) is 0 Å². The minimum Gasteiger partial charge on any atom is -0.478 e. The predicted octanol–water partition coefficient (Wildman–Crippen LogP) is 2.65. The molecule has 1 atom stereocenters. The van der Waals surface area contributed by atoms with Gasteiger partial charge >= 0.3 is 17.9 Å². The Morgan fingerprint density at radius 3 is 1.71 bits per heavy atom. The van der Waals surface area contributed by atoms with E-state index in [1.807, 2.05) is 18.2 Å². The lowest BCUT2D eigenvalue weighted by Gasteiger charge is -2.13. The lowest BCUT2D eigenvalue weighted by molar-refractivity contribution is -0.155. The van der Waals surface area contributed by atoms with Gasteiger partial charge < -0.3 is 19.7 Å². The first-order chi connectivity index (χ1) is 11.3. The van der Waals surface area contributed by atoms with Gasteiger partial charge in [0.15, 0.2) is 0 Å². The summed E-state index contributed by atoms with van der Waals surface area (Å²) >= 11 is 0. The van der Waals surface area contributed by atoms with Crippen LogP contribution in [0.5, 0.6) is 5.75 Å². The monoisotopic (exact) mass is 336 g/mol. The molecule has 0 saturated carbocycles. The fraction of sp³-hybridized carbons (Fsp3) is 0.118. The zero-order valence-corrected chi connectivity index (χ0v) is 13.3. The number of aliphatic carboxylic acids is 2. The lowest BCUT2D eigenvalue weighted by Crippen LogP contribution is -2.19. The van der Waals surface area contributed by atoms with Gasteiger partial charge in [0.1, 0.15) is 5.75 Å². The minimum atomic E-state index is -0.981. The SMILES string of the molecule is C=CC(=O)O.C=CC(=O)O.C=CC(=O)OC(C)Oc1ccccc1. The van der Waals surface area contributed by atoms with Gasteiger partial charge in [-0.1, -0.05) is 37.9 Å². The maximum Gasteiger partial charge on any atom is 0.333 e. The number of para-hydroxylation sites is 1. The second-order valence-electron chi connectivity index (χ2n) is 3.72. The summed E-state index contributed by atoms with van der Waals surface area (Å²) in [7, 11) is 0. The highest BCUT2D eigenvalue weighted by Gasteiger charge is 2.06. The van der Waals surface area contributed by atoms with E-state index >= 15 is 0 Å². The van der Waals surface area contributed by atoms with Crippen LogP contribution in [0.25, 0.3) is 0 Å². The number of carboxylic acids is 2. The Morgan fingerprint density at radius 2 is 1.38 bits per heavy atom.